The van der Waals surface area contributed by atoms with Crippen molar-refractivity contribution in [2.45, 2.75) is 18.4 Å². The molecule has 7 heteroatoms. The summed E-state index contributed by atoms with van der Waals surface area (Å²) in [6, 6.07) is 12.8. The minimum atomic E-state index is -0.589. The van der Waals surface area contributed by atoms with Gasteiger partial charge in [0.05, 0.1) is 5.75 Å². The molecule has 0 radical (unpaired) electrons. The lowest BCUT2D eigenvalue weighted by molar-refractivity contribution is -0.139. The van der Waals surface area contributed by atoms with Gasteiger partial charge in [-0.15, -0.1) is 11.8 Å². The number of rotatable bonds is 8. The van der Waals surface area contributed by atoms with Gasteiger partial charge in [0.15, 0.2) is 12.4 Å². The van der Waals surface area contributed by atoms with Crippen molar-refractivity contribution in [2.24, 2.45) is 0 Å². The fraction of sp³-hybridized carbons (Fsp3) is 0.211. The van der Waals surface area contributed by atoms with E-state index in [9.17, 15) is 18.8 Å². The van der Waals surface area contributed by atoms with Crippen LogP contribution in [0.15, 0.2) is 53.4 Å². The Morgan fingerprint density at radius 2 is 1.77 bits per heavy atom. The maximum atomic E-state index is 13.5. The summed E-state index contributed by atoms with van der Waals surface area (Å²) in [6.45, 7) is 1.43. The van der Waals surface area contributed by atoms with E-state index in [1.165, 1.54) is 13.0 Å². The van der Waals surface area contributed by atoms with Gasteiger partial charge < -0.3 is 10.1 Å². The predicted molar refractivity (Wildman–Crippen MR) is 96.4 cm³/mol. The first kappa shape index (κ1) is 19.7. The van der Waals surface area contributed by atoms with Crippen molar-refractivity contribution in [3.05, 3.63) is 65.5 Å². The molecule has 0 aliphatic rings. The molecule has 0 saturated carbocycles. The lowest BCUT2D eigenvalue weighted by Gasteiger charge is -2.06. The molecule has 1 N–H and O–H groups in total. The number of carbonyl (C=O) groups excluding carboxylic acids is 3. The highest BCUT2D eigenvalue weighted by Gasteiger charge is 2.11. The van der Waals surface area contributed by atoms with Gasteiger partial charge in [0, 0.05) is 23.9 Å². The van der Waals surface area contributed by atoms with Crippen LogP contribution < -0.4 is 5.32 Å². The van der Waals surface area contributed by atoms with Crippen molar-refractivity contribution in [3.8, 4) is 0 Å². The number of amides is 1. The minimum Gasteiger partial charge on any atom is -0.457 e. The Bertz CT molecular complexity index is 792. The molecule has 0 bridgehead atoms. The lowest BCUT2D eigenvalue weighted by Crippen LogP contribution is -2.19. The van der Waals surface area contributed by atoms with Gasteiger partial charge in [-0.1, -0.05) is 36.4 Å². The lowest BCUT2D eigenvalue weighted by atomic mass is 10.1. The number of hydrogen-bond donors (Lipinski definition) is 1. The third-order valence-corrected chi connectivity index (χ3v) is 4.39. The average Bonchev–Trinajstić information content (AvgIpc) is 2.64. The highest BCUT2D eigenvalue weighted by atomic mass is 32.2. The monoisotopic (exact) mass is 375 g/mol. The van der Waals surface area contributed by atoms with Crippen LogP contribution in [0, 0.1) is 5.82 Å². The van der Waals surface area contributed by atoms with E-state index in [2.05, 4.69) is 5.32 Å². The molecule has 2 rings (SSSR count). The topological polar surface area (TPSA) is 72.5 Å². The molecular weight excluding hydrogens is 357 g/mol. The number of benzene rings is 2. The molecule has 0 atom stereocenters. The first-order valence-electron chi connectivity index (χ1n) is 7.85. The Kier molecular flexibility index (Phi) is 7.35. The number of Topliss-reactive ketones (excluding diaryl/α,β-unsaturated/α-hetero) is 1. The summed E-state index contributed by atoms with van der Waals surface area (Å²) >= 11 is 1.02. The zero-order chi connectivity index (χ0) is 18.9. The summed E-state index contributed by atoms with van der Waals surface area (Å²) in [7, 11) is 0. The number of carbonyl (C=O) groups is 3. The van der Waals surface area contributed by atoms with Gasteiger partial charge in [0.1, 0.15) is 5.82 Å². The molecule has 0 heterocycles. The van der Waals surface area contributed by atoms with Crippen LogP contribution in [0.5, 0.6) is 0 Å². The molecule has 26 heavy (non-hydrogen) atoms. The smallest absolute Gasteiger partial charge is 0.316 e. The summed E-state index contributed by atoms with van der Waals surface area (Å²) in [5.74, 6) is -1.54. The molecular formula is C19H18FNO4S. The fourth-order valence-electron chi connectivity index (χ4n) is 2.00. The van der Waals surface area contributed by atoms with Crippen molar-refractivity contribution >= 4 is 29.4 Å². The summed E-state index contributed by atoms with van der Waals surface area (Å²) in [6.07, 6.45) is 0. The van der Waals surface area contributed by atoms with E-state index in [0.29, 0.717) is 17.0 Å². The summed E-state index contributed by atoms with van der Waals surface area (Å²) in [4.78, 5) is 35.0. The third-order valence-electron chi connectivity index (χ3n) is 3.36. The number of nitrogens with one attached hydrogen (secondary N) is 1. The zero-order valence-corrected chi connectivity index (χ0v) is 15.0. The second-order valence-electron chi connectivity index (χ2n) is 5.41. The van der Waals surface area contributed by atoms with Crippen LogP contribution in [0.3, 0.4) is 0 Å². The molecule has 5 nitrogen and oxygen atoms in total. The number of halogens is 1. The molecule has 2 aromatic rings. The molecule has 0 unspecified atom stereocenters. The Morgan fingerprint density at radius 1 is 1.08 bits per heavy atom. The number of esters is 1. The van der Waals surface area contributed by atoms with E-state index in [-0.39, 0.29) is 24.1 Å². The van der Waals surface area contributed by atoms with Gasteiger partial charge in [-0.3, -0.25) is 14.4 Å². The normalized spacial score (nSPS) is 10.2. The second-order valence-corrected chi connectivity index (χ2v) is 6.43. The van der Waals surface area contributed by atoms with Crippen LogP contribution in [0.4, 0.5) is 4.39 Å². The molecule has 136 valence electrons. The molecule has 0 aliphatic carbocycles. The molecule has 1 amide bonds. The van der Waals surface area contributed by atoms with Crippen molar-refractivity contribution in [1.29, 1.82) is 0 Å². The van der Waals surface area contributed by atoms with Crippen molar-refractivity contribution < 1.29 is 23.5 Å². The van der Waals surface area contributed by atoms with E-state index in [0.717, 1.165) is 17.3 Å². The van der Waals surface area contributed by atoms with Gasteiger partial charge in [0.25, 0.3) is 0 Å². The Hall–Kier alpha value is -2.67. The highest BCUT2D eigenvalue weighted by molar-refractivity contribution is 8.00. The van der Waals surface area contributed by atoms with Gasteiger partial charge in [0.2, 0.25) is 5.91 Å². The van der Waals surface area contributed by atoms with E-state index in [1.807, 2.05) is 0 Å². The van der Waals surface area contributed by atoms with Crippen LogP contribution in [0.1, 0.15) is 22.8 Å². The fourth-order valence-corrected chi connectivity index (χ4v) is 2.74. The van der Waals surface area contributed by atoms with Gasteiger partial charge in [-0.2, -0.15) is 0 Å². The largest absolute Gasteiger partial charge is 0.457 e. The summed E-state index contributed by atoms with van der Waals surface area (Å²) < 4.78 is 18.4. The standard InChI is InChI=1S/C19H18FNO4S/c1-13(22)21-10-14-6-8-15(9-7-14)17(23)11-25-19(24)12-26-18-5-3-2-4-16(18)20/h2-9H,10-12H2,1H3,(H,21,22). The maximum absolute atomic E-state index is 13.5. The van der Waals surface area contributed by atoms with Crippen LogP contribution >= 0.6 is 11.8 Å². The number of hydrogen-bond acceptors (Lipinski definition) is 5. The molecule has 2 aromatic carbocycles. The highest BCUT2D eigenvalue weighted by Crippen LogP contribution is 2.21. The van der Waals surface area contributed by atoms with Crippen molar-refractivity contribution in [2.75, 3.05) is 12.4 Å². The van der Waals surface area contributed by atoms with Crippen LogP contribution in [0.2, 0.25) is 0 Å². The number of ether oxygens (including phenoxy) is 1. The molecule has 0 aromatic heterocycles. The Morgan fingerprint density at radius 3 is 2.42 bits per heavy atom. The third kappa shape index (κ3) is 6.33. The van der Waals surface area contributed by atoms with Gasteiger partial charge >= 0.3 is 5.97 Å². The Balaban J connectivity index is 1.77. The van der Waals surface area contributed by atoms with Crippen LogP contribution in [-0.2, 0) is 20.9 Å². The van der Waals surface area contributed by atoms with E-state index < -0.39 is 11.8 Å². The van der Waals surface area contributed by atoms with Crippen LogP contribution in [-0.4, -0.2) is 30.0 Å². The first-order chi connectivity index (χ1) is 12.5. The average molecular weight is 375 g/mol. The van der Waals surface area contributed by atoms with Crippen molar-refractivity contribution in [1.82, 2.24) is 5.32 Å². The molecule has 0 spiro atoms. The summed E-state index contributed by atoms with van der Waals surface area (Å²) in [5, 5.41) is 2.66. The van der Waals surface area contributed by atoms with Crippen molar-refractivity contribution in [3.63, 3.8) is 0 Å². The molecule has 0 aliphatic heterocycles. The van der Waals surface area contributed by atoms with Crippen LogP contribution in [0.25, 0.3) is 0 Å². The SMILES string of the molecule is CC(=O)NCc1ccc(C(=O)COC(=O)CSc2ccccc2F)cc1. The zero-order valence-electron chi connectivity index (χ0n) is 14.2. The minimum absolute atomic E-state index is 0.0795. The van der Waals surface area contributed by atoms with Gasteiger partial charge in [-0.25, -0.2) is 4.39 Å². The Labute approximate surface area is 154 Å². The quantitative estimate of drug-likeness (QED) is 0.436. The first-order valence-corrected chi connectivity index (χ1v) is 8.84. The predicted octanol–water partition coefficient (Wildman–Crippen LogP) is 2.98. The second kappa shape index (κ2) is 9.72. The van der Waals surface area contributed by atoms with E-state index in [4.69, 9.17) is 4.74 Å². The van der Waals surface area contributed by atoms with Gasteiger partial charge in [-0.05, 0) is 17.7 Å². The number of thioether (sulfide) groups is 1. The van der Waals surface area contributed by atoms with E-state index in [1.54, 1.807) is 42.5 Å². The number of ketones is 1. The molecule has 0 saturated heterocycles. The maximum Gasteiger partial charge on any atom is 0.316 e. The summed E-state index contributed by atoms with van der Waals surface area (Å²) in [5.41, 5.74) is 1.26. The molecule has 0 fully saturated rings. The van der Waals surface area contributed by atoms with E-state index >= 15 is 0 Å².